The van der Waals surface area contributed by atoms with Crippen LogP contribution in [0.25, 0.3) is 0 Å². The van der Waals surface area contributed by atoms with Crippen LogP contribution in [0.4, 0.5) is 6.01 Å². The molecule has 0 amide bonds. The molecule has 0 spiro atoms. The molecule has 2 aromatic heterocycles. The number of aromatic amines is 1. The second-order valence-corrected chi connectivity index (χ2v) is 4.31. The molecular formula is C13H18N4O3. The Morgan fingerprint density at radius 3 is 3.10 bits per heavy atom. The fraction of sp³-hybridized carbons (Fsp3) is 0.462. The number of aromatic nitrogens is 3. The van der Waals surface area contributed by atoms with Gasteiger partial charge in [-0.25, -0.2) is 4.79 Å². The molecule has 0 saturated heterocycles. The maximum atomic E-state index is 11.4. The number of rotatable bonds is 7. The molecule has 0 atom stereocenters. The van der Waals surface area contributed by atoms with E-state index in [1.165, 1.54) is 11.8 Å². The number of carbonyl (C=O) groups excluding carboxylic acids is 1. The van der Waals surface area contributed by atoms with Crippen molar-refractivity contribution in [3.8, 4) is 0 Å². The first-order chi connectivity index (χ1) is 9.70. The van der Waals surface area contributed by atoms with Crippen molar-refractivity contribution >= 4 is 12.0 Å². The van der Waals surface area contributed by atoms with Gasteiger partial charge in [0, 0.05) is 12.2 Å². The highest BCUT2D eigenvalue weighted by molar-refractivity contribution is 5.87. The summed E-state index contributed by atoms with van der Waals surface area (Å²) in [4.78, 5) is 15.4. The summed E-state index contributed by atoms with van der Waals surface area (Å²) in [6, 6.07) is 0.331. The van der Waals surface area contributed by atoms with Crippen molar-refractivity contribution < 1.29 is 13.9 Å². The average Bonchev–Trinajstić information content (AvgIpc) is 3.04. The first-order valence-corrected chi connectivity index (χ1v) is 6.56. The summed E-state index contributed by atoms with van der Waals surface area (Å²) in [6.07, 6.45) is 4.96. The van der Waals surface area contributed by atoms with Crippen molar-refractivity contribution in [3.05, 3.63) is 29.4 Å². The second-order valence-electron chi connectivity index (χ2n) is 4.31. The van der Waals surface area contributed by atoms with E-state index in [2.05, 4.69) is 20.5 Å². The second kappa shape index (κ2) is 6.74. The molecule has 108 valence electrons. The minimum atomic E-state index is -0.474. The number of nitrogens with one attached hydrogen (secondary N) is 2. The number of ether oxygens (including phenoxy) is 1. The quantitative estimate of drug-likeness (QED) is 0.593. The molecule has 2 N–H and O–H groups in total. The molecule has 2 heterocycles. The highest BCUT2D eigenvalue weighted by atomic mass is 16.5. The van der Waals surface area contributed by atoms with Crippen LogP contribution >= 0.6 is 0 Å². The number of aryl methyl sites for hydroxylation is 2. The van der Waals surface area contributed by atoms with Crippen LogP contribution in [-0.4, -0.2) is 34.3 Å². The van der Waals surface area contributed by atoms with E-state index in [0.29, 0.717) is 19.2 Å². The number of carbonyl (C=O) groups is 1. The van der Waals surface area contributed by atoms with Gasteiger partial charge >= 0.3 is 5.97 Å². The van der Waals surface area contributed by atoms with Crippen LogP contribution in [0.5, 0.6) is 0 Å². The molecule has 0 aliphatic carbocycles. The summed E-state index contributed by atoms with van der Waals surface area (Å²) >= 11 is 0. The predicted octanol–water partition coefficient (Wildman–Crippen LogP) is 1.93. The molecule has 7 heteroatoms. The van der Waals surface area contributed by atoms with Gasteiger partial charge in [0.25, 0.3) is 6.01 Å². The largest absolute Gasteiger partial charge is 0.461 e. The first-order valence-electron chi connectivity index (χ1n) is 6.56. The summed E-state index contributed by atoms with van der Waals surface area (Å²) in [7, 11) is 0. The van der Waals surface area contributed by atoms with Crippen LogP contribution in [-0.2, 0) is 11.2 Å². The zero-order valence-electron chi connectivity index (χ0n) is 11.6. The van der Waals surface area contributed by atoms with Crippen molar-refractivity contribution in [1.29, 1.82) is 0 Å². The lowest BCUT2D eigenvalue weighted by molar-refractivity contribution is 0.0519. The molecule has 0 aromatic carbocycles. The molecule has 7 nitrogen and oxygen atoms in total. The smallest absolute Gasteiger partial charge is 0.360 e. The van der Waals surface area contributed by atoms with Gasteiger partial charge in [-0.05, 0) is 32.3 Å². The molecule has 0 fully saturated rings. The van der Waals surface area contributed by atoms with Gasteiger partial charge in [0.2, 0.25) is 0 Å². The van der Waals surface area contributed by atoms with E-state index in [9.17, 15) is 4.79 Å². The Morgan fingerprint density at radius 2 is 2.40 bits per heavy atom. The minimum Gasteiger partial charge on any atom is -0.461 e. The van der Waals surface area contributed by atoms with Gasteiger partial charge < -0.3 is 14.5 Å². The number of hydrogen-bond acceptors (Lipinski definition) is 6. The third-order valence-corrected chi connectivity index (χ3v) is 2.82. The number of H-pyrrole nitrogens is 1. The Labute approximate surface area is 116 Å². The zero-order valence-corrected chi connectivity index (χ0v) is 11.6. The number of esters is 1. The molecule has 0 radical (unpaired) electrons. The normalized spacial score (nSPS) is 10.5. The van der Waals surface area contributed by atoms with E-state index in [1.54, 1.807) is 6.92 Å². The topological polar surface area (TPSA) is 93.0 Å². The molecule has 0 aliphatic heterocycles. The monoisotopic (exact) mass is 278 g/mol. The molecule has 2 aromatic rings. The van der Waals surface area contributed by atoms with Gasteiger partial charge in [-0.3, -0.25) is 5.10 Å². The lowest BCUT2D eigenvalue weighted by Crippen LogP contribution is -2.06. The summed E-state index contributed by atoms with van der Waals surface area (Å²) in [6.45, 7) is 4.76. The van der Waals surface area contributed by atoms with Crippen molar-refractivity contribution in [2.24, 2.45) is 0 Å². The van der Waals surface area contributed by atoms with Crippen LogP contribution < -0.4 is 5.32 Å². The Morgan fingerprint density at radius 1 is 1.55 bits per heavy atom. The number of hydrogen-bond donors (Lipinski definition) is 2. The number of oxazole rings is 1. The van der Waals surface area contributed by atoms with E-state index >= 15 is 0 Å². The van der Waals surface area contributed by atoms with Crippen LogP contribution in [0.2, 0.25) is 0 Å². The molecule has 20 heavy (non-hydrogen) atoms. The maximum Gasteiger partial charge on any atom is 0.360 e. The van der Waals surface area contributed by atoms with Gasteiger partial charge in [0.05, 0.1) is 12.8 Å². The SMILES string of the molecule is CCOC(=O)c1coc(NCCCc2cn[nH]c2C)n1. The molecular weight excluding hydrogens is 260 g/mol. The van der Waals surface area contributed by atoms with Crippen molar-refractivity contribution in [2.45, 2.75) is 26.7 Å². The van der Waals surface area contributed by atoms with Gasteiger partial charge in [0.1, 0.15) is 6.26 Å². The third kappa shape index (κ3) is 3.59. The fourth-order valence-corrected chi connectivity index (χ4v) is 1.76. The highest BCUT2D eigenvalue weighted by Crippen LogP contribution is 2.10. The molecule has 2 rings (SSSR count). The Hall–Kier alpha value is -2.31. The van der Waals surface area contributed by atoms with E-state index in [4.69, 9.17) is 9.15 Å². The van der Waals surface area contributed by atoms with Crippen molar-refractivity contribution in [2.75, 3.05) is 18.5 Å². The lowest BCUT2D eigenvalue weighted by Gasteiger charge is -2.01. The Balaban J connectivity index is 1.74. The van der Waals surface area contributed by atoms with Gasteiger partial charge in [-0.15, -0.1) is 0 Å². The van der Waals surface area contributed by atoms with Crippen LogP contribution in [0.3, 0.4) is 0 Å². The van der Waals surface area contributed by atoms with Crippen molar-refractivity contribution in [3.63, 3.8) is 0 Å². The zero-order chi connectivity index (χ0) is 14.4. The molecule has 0 unspecified atom stereocenters. The van der Waals surface area contributed by atoms with E-state index in [-0.39, 0.29) is 5.69 Å². The third-order valence-electron chi connectivity index (χ3n) is 2.82. The summed E-state index contributed by atoms with van der Waals surface area (Å²) < 4.78 is 9.98. The van der Waals surface area contributed by atoms with Crippen LogP contribution in [0, 0.1) is 6.92 Å². The van der Waals surface area contributed by atoms with Crippen molar-refractivity contribution in [1.82, 2.24) is 15.2 Å². The van der Waals surface area contributed by atoms with Gasteiger partial charge in [-0.2, -0.15) is 10.1 Å². The molecule has 0 bridgehead atoms. The Kier molecular flexibility index (Phi) is 4.75. The molecule has 0 saturated carbocycles. The van der Waals surface area contributed by atoms with E-state index in [0.717, 1.165) is 18.5 Å². The van der Waals surface area contributed by atoms with Crippen LogP contribution in [0.15, 0.2) is 16.9 Å². The minimum absolute atomic E-state index is 0.181. The predicted molar refractivity (Wildman–Crippen MR) is 72.6 cm³/mol. The van der Waals surface area contributed by atoms with Gasteiger partial charge in [-0.1, -0.05) is 0 Å². The van der Waals surface area contributed by atoms with E-state index in [1.807, 2.05) is 13.1 Å². The Bertz CT molecular complexity index is 561. The van der Waals surface area contributed by atoms with Gasteiger partial charge in [0.15, 0.2) is 5.69 Å². The number of anilines is 1. The highest BCUT2D eigenvalue weighted by Gasteiger charge is 2.12. The van der Waals surface area contributed by atoms with Crippen LogP contribution in [0.1, 0.15) is 35.1 Å². The summed E-state index contributed by atoms with van der Waals surface area (Å²) in [5, 5.41) is 9.90. The lowest BCUT2D eigenvalue weighted by atomic mass is 10.1. The fourth-order valence-electron chi connectivity index (χ4n) is 1.76. The molecule has 0 aliphatic rings. The average molecular weight is 278 g/mol. The van der Waals surface area contributed by atoms with E-state index < -0.39 is 5.97 Å². The summed E-state index contributed by atoms with van der Waals surface area (Å²) in [5.41, 5.74) is 2.47. The first kappa shape index (κ1) is 14.1. The summed E-state index contributed by atoms with van der Waals surface area (Å²) in [5.74, 6) is -0.474. The number of nitrogens with zero attached hydrogens (tertiary/aromatic N) is 2. The maximum absolute atomic E-state index is 11.4. The standard InChI is InChI=1S/C13H18N4O3/c1-3-19-12(18)11-8-20-13(16-11)14-6-4-5-10-7-15-17-9(10)2/h7-8H,3-6H2,1-2H3,(H,14,16)(H,15,17).